The molecule has 0 spiro atoms. The van der Waals surface area contributed by atoms with E-state index in [4.69, 9.17) is 4.74 Å². The minimum absolute atomic E-state index is 0.0633. The van der Waals surface area contributed by atoms with Crippen molar-refractivity contribution < 1.29 is 19.4 Å². The Labute approximate surface area is 121 Å². The molecule has 1 aliphatic heterocycles. The van der Waals surface area contributed by atoms with Gasteiger partial charge >= 0.3 is 12.1 Å². The van der Waals surface area contributed by atoms with Crippen LogP contribution >= 0.6 is 11.8 Å². The SMILES string of the molecule is C=CCOC(=O)N1C(C(=O)O)CSC1c1ccccc1. The number of carbonyl (C=O) groups is 2. The highest BCUT2D eigenvalue weighted by Crippen LogP contribution is 2.41. The first-order chi connectivity index (χ1) is 9.65. The molecule has 1 aromatic rings. The molecule has 6 heteroatoms. The molecule has 2 rings (SSSR count). The van der Waals surface area contributed by atoms with Crippen molar-refractivity contribution in [1.82, 2.24) is 4.90 Å². The van der Waals surface area contributed by atoms with Gasteiger partial charge in [0.25, 0.3) is 0 Å². The van der Waals surface area contributed by atoms with Gasteiger partial charge in [-0.05, 0) is 5.56 Å². The van der Waals surface area contributed by atoms with E-state index in [1.807, 2.05) is 30.3 Å². The lowest BCUT2D eigenvalue weighted by molar-refractivity contribution is -0.141. The zero-order chi connectivity index (χ0) is 14.5. The van der Waals surface area contributed by atoms with E-state index in [-0.39, 0.29) is 12.0 Å². The Bertz CT molecular complexity index is 505. The van der Waals surface area contributed by atoms with E-state index >= 15 is 0 Å². The third-order valence-electron chi connectivity index (χ3n) is 2.91. The maximum absolute atomic E-state index is 12.1. The van der Waals surface area contributed by atoms with Crippen molar-refractivity contribution in [3.05, 3.63) is 48.6 Å². The van der Waals surface area contributed by atoms with Crippen molar-refractivity contribution in [3.8, 4) is 0 Å². The number of carbonyl (C=O) groups excluding carboxylic acids is 1. The van der Waals surface area contributed by atoms with E-state index in [0.29, 0.717) is 5.75 Å². The Morgan fingerprint density at radius 3 is 2.75 bits per heavy atom. The predicted octanol–water partition coefficient (Wildman–Crippen LogP) is 2.51. The first kappa shape index (κ1) is 14.5. The van der Waals surface area contributed by atoms with E-state index in [2.05, 4.69) is 6.58 Å². The summed E-state index contributed by atoms with van der Waals surface area (Å²) in [7, 11) is 0. The fraction of sp³-hybridized carbons (Fsp3) is 0.286. The number of ether oxygens (including phenoxy) is 1. The highest BCUT2D eigenvalue weighted by atomic mass is 32.2. The zero-order valence-corrected chi connectivity index (χ0v) is 11.6. The summed E-state index contributed by atoms with van der Waals surface area (Å²) in [6, 6.07) is 8.46. The van der Waals surface area contributed by atoms with Gasteiger partial charge in [-0.15, -0.1) is 11.8 Å². The molecule has 1 saturated heterocycles. The minimum Gasteiger partial charge on any atom is -0.480 e. The molecule has 106 valence electrons. The van der Waals surface area contributed by atoms with Crippen LogP contribution in [-0.4, -0.2) is 40.5 Å². The average molecular weight is 293 g/mol. The van der Waals surface area contributed by atoms with E-state index < -0.39 is 18.1 Å². The van der Waals surface area contributed by atoms with Crippen LogP contribution in [0, 0.1) is 0 Å². The number of benzene rings is 1. The number of carboxylic acids is 1. The Morgan fingerprint density at radius 1 is 1.45 bits per heavy atom. The molecule has 0 bridgehead atoms. The second kappa shape index (κ2) is 6.47. The van der Waals surface area contributed by atoms with E-state index in [1.54, 1.807) is 0 Å². The molecule has 1 aliphatic rings. The predicted molar refractivity (Wildman–Crippen MR) is 76.4 cm³/mol. The number of hydrogen-bond acceptors (Lipinski definition) is 4. The van der Waals surface area contributed by atoms with Gasteiger partial charge in [0.05, 0.1) is 0 Å². The highest BCUT2D eigenvalue weighted by molar-refractivity contribution is 7.99. The molecule has 0 aliphatic carbocycles. The molecular weight excluding hydrogens is 278 g/mol. The molecule has 20 heavy (non-hydrogen) atoms. The maximum atomic E-state index is 12.1. The lowest BCUT2D eigenvalue weighted by atomic mass is 10.2. The molecule has 5 nitrogen and oxygen atoms in total. The van der Waals surface area contributed by atoms with Gasteiger partial charge in [0, 0.05) is 5.75 Å². The number of hydrogen-bond donors (Lipinski definition) is 1. The van der Waals surface area contributed by atoms with Crippen molar-refractivity contribution in [1.29, 1.82) is 0 Å². The summed E-state index contributed by atoms with van der Waals surface area (Å²) in [6.45, 7) is 3.54. The van der Waals surface area contributed by atoms with Gasteiger partial charge in [-0.3, -0.25) is 4.90 Å². The van der Waals surface area contributed by atoms with Gasteiger partial charge in [-0.2, -0.15) is 0 Å². The summed E-state index contributed by atoms with van der Waals surface area (Å²) in [5, 5.41) is 8.90. The Kier molecular flexibility index (Phi) is 4.68. The van der Waals surface area contributed by atoms with E-state index in [0.717, 1.165) is 5.56 Å². The summed E-state index contributed by atoms with van der Waals surface area (Å²) >= 11 is 1.42. The zero-order valence-electron chi connectivity index (χ0n) is 10.8. The molecule has 0 aromatic heterocycles. The van der Waals surface area contributed by atoms with Crippen LogP contribution < -0.4 is 0 Å². The quantitative estimate of drug-likeness (QED) is 0.864. The van der Waals surface area contributed by atoms with Gasteiger partial charge in [0.1, 0.15) is 18.0 Å². The van der Waals surface area contributed by atoms with Gasteiger partial charge in [-0.25, -0.2) is 9.59 Å². The smallest absolute Gasteiger partial charge is 0.412 e. The number of thioether (sulfide) groups is 1. The van der Waals surface area contributed by atoms with Gasteiger partial charge < -0.3 is 9.84 Å². The van der Waals surface area contributed by atoms with Crippen LogP contribution in [0.15, 0.2) is 43.0 Å². The van der Waals surface area contributed by atoms with Gasteiger partial charge in [0.15, 0.2) is 0 Å². The van der Waals surface area contributed by atoms with Crippen molar-refractivity contribution in [3.63, 3.8) is 0 Å². The summed E-state index contributed by atoms with van der Waals surface area (Å²) in [6.07, 6.45) is 0.824. The van der Waals surface area contributed by atoms with Crippen LogP contribution in [-0.2, 0) is 9.53 Å². The molecule has 1 N–H and O–H groups in total. The number of rotatable bonds is 4. The topological polar surface area (TPSA) is 66.8 Å². The molecular formula is C14H15NO4S. The van der Waals surface area contributed by atoms with Crippen molar-refractivity contribution in [2.45, 2.75) is 11.4 Å². The monoisotopic (exact) mass is 293 g/mol. The Morgan fingerprint density at radius 2 is 2.15 bits per heavy atom. The van der Waals surface area contributed by atoms with Gasteiger partial charge in [-0.1, -0.05) is 43.0 Å². The normalized spacial score (nSPS) is 21.5. The molecule has 0 saturated carbocycles. The summed E-state index contributed by atoms with van der Waals surface area (Å²) in [5.74, 6) is -0.676. The third kappa shape index (κ3) is 2.96. The number of nitrogens with zero attached hydrogens (tertiary/aromatic N) is 1. The van der Waals surface area contributed by atoms with Crippen molar-refractivity contribution >= 4 is 23.8 Å². The van der Waals surface area contributed by atoms with Crippen LogP contribution in [0.5, 0.6) is 0 Å². The lowest BCUT2D eigenvalue weighted by Crippen LogP contribution is -2.43. The second-order valence-electron chi connectivity index (χ2n) is 4.22. The van der Waals surface area contributed by atoms with Crippen molar-refractivity contribution in [2.24, 2.45) is 0 Å². The Balaban J connectivity index is 2.25. The Hall–Kier alpha value is -1.95. The minimum atomic E-state index is -1.02. The number of carboxylic acid groups (broad SMARTS) is 1. The molecule has 0 radical (unpaired) electrons. The van der Waals surface area contributed by atoms with E-state index in [9.17, 15) is 14.7 Å². The number of amides is 1. The lowest BCUT2D eigenvalue weighted by Gasteiger charge is -2.26. The summed E-state index contributed by atoms with van der Waals surface area (Å²) < 4.78 is 5.00. The highest BCUT2D eigenvalue weighted by Gasteiger charge is 2.43. The van der Waals surface area contributed by atoms with Crippen LogP contribution in [0.1, 0.15) is 10.9 Å². The third-order valence-corrected chi connectivity index (χ3v) is 4.23. The second-order valence-corrected chi connectivity index (χ2v) is 5.34. The largest absolute Gasteiger partial charge is 0.480 e. The molecule has 1 heterocycles. The first-order valence-corrected chi connectivity index (χ1v) is 7.15. The molecule has 2 unspecified atom stereocenters. The fourth-order valence-corrected chi connectivity index (χ4v) is 3.41. The molecule has 1 amide bonds. The maximum Gasteiger partial charge on any atom is 0.412 e. The fourth-order valence-electron chi connectivity index (χ4n) is 2.00. The van der Waals surface area contributed by atoms with Crippen LogP contribution in [0.4, 0.5) is 4.79 Å². The summed E-state index contributed by atoms with van der Waals surface area (Å²) in [4.78, 5) is 24.6. The summed E-state index contributed by atoms with van der Waals surface area (Å²) in [5.41, 5.74) is 0.886. The molecule has 2 atom stereocenters. The molecule has 1 aromatic carbocycles. The van der Waals surface area contributed by atoms with Gasteiger partial charge in [0.2, 0.25) is 0 Å². The standard InChI is InChI=1S/C14H15NO4S/c1-2-8-19-14(18)15-11(13(16)17)9-20-12(15)10-6-4-3-5-7-10/h2-7,11-12H,1,8-9H2,(H,16,17). The average Bonchev–Trinajstić information content (AvgIpc) is 2.90. The van der Waals surface area contributed by atoms with Crippen LogP contribution in [0.2, 0.25) is 0 Å². The van der Waals surface area contributed by atoms with Crippen LogP contribution in [0.25, 0.3) is 0 Å². The van der Waals surface area contributed by atoms with E-state index in [1.165, 1.54) is 22.7 Å². The molecule has 1 fully saturated rings. The van der Waals surface area contributed by atoms with Crippen LogP contribution in [0.3, 0.4) is 0 Å². The first-order valence-electron chi connectivity index (χ1n) is 6.10. The number of aliphatic carboxylic acids is 1. The van der Waals surface area contributed by atoms with Crippen molar-refractivity contribution in [2.75, 3.05) is 12.4 Å².